The third kappa shape index (κ3) is 1.77. The summed E-state index contributed by atoms with van der Waals surface area (Å²) in [7, 11) is 0. The van der Waals surface area contributed by atoms with Gasteiger partial charge in [-0.05, 0) is 24.1 Å². The zero-order valence-corrected chi connectivity index (χ0v) is 8.40. The fraction of sp³-hybridized carbons (Fsp3) is 0.200. The fourth-order valence-electron chi connectivity index (χ4n) is 1.27. The first kappa shape index (κ1) is 9.21. The molecule has 1 unspecified atom stereocenters. The normalized spacial score (nSPS) is 12.7. The summed E-state index contributed by atoms with van der Waals surface area (Å²) in [4.78, 5) is 0. The molecule has 0 spiro atoms. The largest absolute Gasteiger partial charge is 0.411 e. The van der Waals surface area contributed by atoms with Crippen LogP contribution in [0.5, 0.6) is 0 Å². The van der Waals surface area contributed by atoms with E-state index in [4.69, 9.17) is 16.0 Å². The van der Waals surface area contributed by atoms with E-state index in [-0.39, 0.29) is 11.3 Å². The Morgan fingerprint density at radius 2 is 1.93 bits per heavy atom. The fourth-order valence-corrected chi connectivity index (χ4v) is 1.39. The maximum absolute atomic E-state index is 5.55. The van der Waals surface area contributed by atoms with Crippen LogP contribution < -0.4 is 0 Å². The average Bonchev–Trinajstić information content (AvgIpc) is 2.65. The number of hydrogen-bond donors (Lipinski definition) is 0. The molecule has 72 valence electrons. The van der Waals surface area contributed by atoms with Crippen LogP contribution in [0.2, 0.25) is 5.35 Å². The Hall–Kier alpha value is -1.35. The molecule has 1 aromatic heterocycles. The van der Waals surface area contributed by atoms with Crippen LogP contribution in [0, 0.1) is 0 Å². The topological polar surface area (TPSA) is 38.9 Å². The molecule has 0 N–H and O–H groups in total. The summed E-state index contributed by atoms with van der Waals surface area (Å²) < 4.78 is 5.14. The third-order valence-electron chi connectivity index (χ3n) is 2.09. The van der Waals surface area contributed by atoms with Crippen LogP contribution in [-0.2, 0) is 0 Å². The minimum absolute atomic E-state index is 0.0798. The Kier molecular flexibility index (Phi) is 2.50. The Morgan fingerprint density at radius 1 is 1.21 bits per heavy atom. The van der Waals surface area contributed by atoms with E-state index in [1.165, 1.54) is 0 Å². The first-order chi connectivity index (χ1) is 6.77. The van der Waals surface area contributed by atoms with E-state index >= 15 is 0 Å². The van der Waals surface area contributed by atoms with Gasteiger partial charge in [-0.25, -0.2) is 0 Å². The van der Waals surface area contributed by atoms with E-state index in [9.17, 15) is 0 Å². The van der Waals surface area contributed by atoms with Crippen molar-refractivity contribution in [3.63, 3.8) is 0 Å². The third-order valence-corrected chi connectivity index (χ3v) is 2.24. The maximum atomic E-state index is 5.55. The molecule has 3 nitrogen and oxygen atoms in total. The van der Waals surface area contributed by atoms with Crippen molar-refractivity contribution < 1.29 is 4.42 Å². The molecule has 4 heteroatoms. The molecule has 0 aliphatic heterocycles. The molecule has 0 amide bonds. The lowest BCUT2D eigenvalue weighted by Gasteiger charge is -2.05. The van der Waals surface area contributed by atoms with Crippen LogP contribution in [0.3, 0.4) is 0 Å². The number of rotatable bonds is 2. The molecule has 0 bridgehead atoms. The molecule has 14 heavy (non-hydrogen) atoms. The second-order valence-corrected chi connectivity index (χ2v) is 3.35. The lowest BCUT2D eigenvalue weighted by Crippen LogP contribution is -1.95. The zero-order valence-electron chi connectivity index (χ0n) is 7.64. The molecular formula is C10H9ClN2O. The second-order valence-electron chi connectivity index (χ2n) is 3.03. The van der Waals surface area contributed by atoms with Crippen molar-refractivity contribution in [3.8, 4) is 0 Å². The lowest BCUT2D eigenvalue weighted by atomic mass is 10.0. The van der Waals surface area contributed by atoms with Gasteiger partial charge in [0.15, 0.2) is 0 Å². The summed E-state index contributed by atoms with van der Waals surface area (Å²) in [6, 6.07) is 9.95. The maximum Gasteiger partial charge on any atom is 0.312 e. The van der Waals surface area contributed by atoms with Gasteiger partial charge in [-0.2, -0.15) is 0 Å². The lowest BCUT2D eigenvalue weighted by molar-refractivity contribution is 0.481. The Bertz CT molecular complexity index is 413. The van der Waals surface area contributed by atoms with Gasteiger partial charge in [0.2, 0.25) is 5.89 Å². The highest BCUT2D eigenvalue weighted by atomic mass is 35.5. The van der Waals surface area contributed by atoms with E-state index in [0.29, 0.717) is 5.89 Å². The van der Waals surface area contributed by atoms with E-state index in [2.05, 4.69) is 10.2 Å². The summed E-state index contributed by atoms with van der Waals surface area (Å²) in [6.45, 7) is 2.00. The SMILES string of the molecule is CC(c1ccccc1)c1nnc(Cl)o1. The van der Waals surface area contributed by atoms with Crippen LogP contribution in [0.15, 0.2) is 34.7 Å². The van der Waals surface area contributed by atoms with Crippen LogP contribution in [0.4, 0.5) is 0 Å². The van der Waals surface area contributed by atoms with Gasteiger partial charge in [-0.1, -0.05) is 35.4 Å². The Morgan fingerprint density at radius 3 is 2.50 bits per heavy atom. The molecule has 2 rings (SSSR count). The van der Waals surface area contributed by atoms with Gasteiger partial charge in [-0.15, -0.1) is 5.10 Å². The minimum atomic E-state index is 0.0798. The van der Waals surface area contributed by atoms with Crippen molar-refractivity contribution in [3.05, 3.63) is 47.1 Å². The molecule has 1 aromatic carbocycles. The van der Waals surface area contributed by atoms with Crippen LogP contribution >= 0.6 is 11.6 Å². The highest BCUT2D eigenvalue weighted by molar-refractivity contribution is 6.27. The van der Waals surface area contributed by atoms with Crippen molar-refractivity contribution in [2.75, 3.05) is 0 Å². The smallest absolute Gasteiger partial charge is 0.312 e. The summed E-state index contributed by atoms with van der Waals surface area (Å²) in [5.41, 5.74) is 1.13. The van der Waals surface area contributed by atoms with Crippen molar-refractivity contribution in [1.82, 2.24) is 10.2 Å². The monoisotopic (exact) mass is 208 g/mol. The predicted octanol–water partition coefficient (Wildman–Crippen LogP) is 2.87. The van der Waals surface area contributed by atoms with Gasteiger partial charge in [-0.3, -0.25) is 0 Å². The van der Waals surface area contributed by atoms with Gasteiger partial charge in [0.1, 0.15) is 0 Å². The van der Waals surface area contributed by atoms with Gasteiger partial charge in [0.25, 0.3) is 0 Å². The van der Waals surface area contributed by atoms with E-state index in [0.717, 1.165) is 5.56 Å². The average molecular weight is 209 g/mol. The van der Waals surface area contributed by atoms with Crippen molar-refractivity contribution >= 4 is 11.6 Å². The van der Waals surface area contributed by atoms with E-state index in [1.807, 2.05) is 37.3 Å². The highest BCUT2D eigenvalue weighted by Gasteiger charge is 2.14. The quantitative estimate of drug-likeness (QED) is 0.762. The minimum Gasteiger partial charge on any atom is -0.411 e. The van der Waals surface area contributed by atoms with Gasteiger partial charge in [0, 0.05) is 0 Å². The second kappa shape index (κ2) is 3.80. The summed E-state index contributed by atoms with van der Waals surface area (Å²) >= 11 is 5.55. The van der Waals surface area contributed by atoms with Gasteiger partial charge in [0.05, 0.1) is 5.92 Å². The molecule has 0 aliphatic rings. The molecule has 0 saturated carbocycles. The number of halogens is 1. The number of nitrogens with zero attached hydrogens (tertiary/aromatic N) is 2. The van der Waals surface area contributed by atoms with Crippen molar-refractivity contribution in [2.24, 2.45) is 0 Å². The van der Waals surface area contributed by atoms with E-state index in [1.54, 1.807) is 0 Å². The molecule has 0 fully saturated rings. The summed E-state index contributed by atoms with van der Waals surface area (Å²) in [5.74, 6) is 0.623. The number of benzene rings is 1. The van der Waals surface area contributed by atoms with Gasteiger partial charge >= 0.3 is 5.35 Å². The highest BCUT2D eigenvalue weighted by Crippen LogP contribution is 2.23. The van der Waals surface area contributed by atoms with Crippen molar-refractivity contribution in [2.45, 2.75) is 12.8 Å². The van der Waals surface area contributed by atoms with Crippen LogP contribution in [0.1, 0.15) is 24.3 Å². The van der Waals surface area contributed by atoms with Crippen LogP contribution in [-0.4, -0.2) is 10.2 Å². The molecule has 1 atom stereocenters. The first-order valence-corrected chi connectivity index (χ1v) is 4.69. The molecule has 0 saturated heterocycles. The standard InChI is InChI=1S/C10H9ClN2O/c1-7(8-5-3-2-4-6-8)9-12-13-10(11)14-9/h2-7H,1H3. The van der Waals surface area contributed by atoms with Crippen molar-refractivity contribution in [1.29, 1.82) is 0 Å². The number of hydrogen-bond acceptors (Lipinski definition) is 3. The Balaban J connectivity index is 2.29. The Labute approximate surface area is 86.7 Å². The number of aromatic nitrogens is 2. The molecule has 0 radical (unpaired) electrons. The zero-order chi connectivity index (χ0) is 9.97. The summed E-state index contributed by atoms with van der Waals surface area (Å²) in [6.07, 6.45) is 0. The predicted molar refractivity (Wildman–Crippen MR) is 53.3 cm³/mol. The van der Waals surface area contributed by atoms with E-state index < -0.39 is 0 Å². The first-order valence-electron chi connectivity index (χ1n) is 4.31. The van der Waals surface area contributed by atoms with Crippen LogP contribution in [0.25, 0.3) is 0 Å². The molecule has 2 aromatic rings. The summed E-state index contributed by atoms with van der Waals surface area (Å²) in [5, 5.41) is 7.54. The molecule has 0 aliphatic carbocycles. The van der Waals surface area contributed by atoms with Gasteiger partial charge < -0.3 is 4.42 Å². The molecular weight excluding hydrogens is 200 g/mol. The molecule has 1 heterocycles.